The van der Waals surface area contributed by atoms with E-state index in [1.54, 1.807) is 42.5 Å². The molecule has 0 saturated carbocycles. The van der Waals surface area contributed by atoms with Gasteiger partial charge in [-0.15, -0.1) is 0 Å². The molecule has 0 amide bonds. The van der Waals surface area contributed by atoms with Gasteiger partial charge in [0.15, 0.2) is 5.76 Å². The fourth-order valence-corrected chi connectivity index (χ4v) is 3.80. The van der Waals surface area contributed by atoms with E-state index >= 15 is 0 Å². The molecule has 2 aliphatic rings. The van der Waals surface area contributed by atoms with Crippen LogP contribution in [-0.4, -0.2) is 24.0 Å². The number of hydrogen-bond acceptors (Lipinski definition) is 4. The SMILES string of the molecule is O=C1/C(=C/c2ccc(F)cc2)Oc2c1ccc1c2CN(CCc2ccc(F)cc2)CO1. The number of halogens is 2. The Balaban J connectivity index is 1.35. The molecule has 3 aromatic rings. The molecular weight excluding hydrogens is 400 g/mol. The van der Waals surface area contributed by atoms with E-state index in [1.807, 2.05) is 0 Å². The largest absolute Gasteiger partial charge is 0.478 e. The molecule has 3 aromatic carbocycles. The molecule has 0 saturated heterocycles. The van der Waals surface area contributed by atoms with E-state index in [0.29, 0.717) is 35.9 Å². The van der Waals surface area contributed by atoms with E-state index in [4.69, 9.17) is 9.47 Å². The molecule has 0 aromatic heterocycles. The zero-order valence-corrected chi connectivity index (χ0v) is 16.6. The van der Waals surface area contributed by atoms with Gasteiger partial charge >= 0.3 is 0 Å². The summed E-state index contributed by atoms with van der Waals surface area (Å²) in [5, 5.41) is 0. The number of ketones is 1. The van der Waals surface area contributed by atoms with Crippen LogP contribution in [0.25, 0.3) is 6.08 Å². The topological polar surface area (TPSA) is 38.8 Å². The first-order valence-electron chi connectivity index (χ1n) is 10.0. The van der Waals surface area contributed by atoms with Gasteiger partial charge in [-0.1, -0.05) is 24.3 Å². The Labute approximate surface area is 178 Å². The van der Waals surface area contributed by atoms with Crippen LogP contribution in [0.4, 0.5) is 8.78 Å². The van der Waals surface area contributed by atoms with E-state index in [1.165, 1.54) is 24.3 Å². The highest BCUT2D eigenvalue weighted by molar-refractivity contribution is 6.15. The van der Waals surface area contributed by atoms with Crippen molar-refractivity contribution in [2.24, 2.45) is 0 Å². The van der Waals surface area contributed by atoms with Gasteiger partial charge in [0.05, 0.1) is 11.1 Å². The highest BCUT2D eigenvalue weighted by atomic mass is 19.1. The van der Waals surface area contributed by atoms with Gasteiger partial charge in [-0.2, -0.15) is 0 Å². The van der Waals surface area contributed by atoms with E-state index in [2.05, 4.69) is 4.90 Å². The number of nitrogens with zero attached hydrogens (tertiary/aromatic N) is 1. The van der Waals surface area contributed by atoms with Crippen LogP contribution in [0.2, 0.25) is 0 Å². The summed E-state index contributed by atoms with van der Waals surface area (Å²) in [6, 6.07) is 15.9. The van der Waals surface area contributed by atoms with Crippen molar-refractivity contribution >= 4 is 11.9 Å². The number of carbonyl (C=O) groups excluding carboxylic acids is 1. The summed E-state index contributed by atoms with van der Waals surface area (Å²) in [7, 11) is 0. The monoisotopic (exact) mass is 419 g/mol. The number of ether oxygens (including phenoxy) is 2. The van der Waals surface area contributed by atoms with Crippen molar-refractivity contribution in [3.8, 4) is 11.5 Å². The molecule has 31 heavy (non-hydrogen) atoms. The van der Waals surface area contributed by atoms with E-state index in [-0.39, 0.29) is 23.2 Å². The van der Waals surface area contributed by atoms with Crippen molar-refractivity contribution < 1.29 is 23.0 Å². The van der Waals surface area contributed by atoms with E-state index < -0.39 is 0 Å². The summed E-state index contributed by atoms with van der Waals surface area (Å²) in [4.78, 5) is 14.9. The third-order valence-corrected chi connectivity index (χ3v) is 5.48. The molecule has 0 bridgehead atoms. The lowest BCUT2D eigenvalue weighted by Gasteiger charge is -2.29. The number of benzene rings is 3. The first-order valence-corrected chi connectivity index (χ1v) is 10.0. The third kappa shape index (κ3) is 3.94. The second-order valence-corrected chi connectivity index (χ2v) is 7.61. The van der Waals surface area contributed by atoms with Crippen LogP contribution in [0, 0.1) is 11.6 Å². The van der Waals surface area contributed by atoms with Gasteiger partial charge < -0.3 is 9.47 Å². The summed E-state index contributed by atoms with van der Waals surface area (Å²) >= 11 is 0. The van der Waals surface area contributed by atoms with E-state index in [0.717, 1.165) is 24.1 Å². The lowest BCUT2D eigenvalue weighted by molar-refractivity contribution is 0.0949. The zero-order chi connectivity index (χ0) is 21.4. The minimum atomic E-state index is -0.337. The second kappa shape index (κ2) is 7.96. The Hall–Kier alpha value is -3.51. The molecule has 2 heterocycles. The average molecular weight is 419 g/mol. The van der Waals surface area contributed by atoms with Crippen LogP contribution in [0.3, 0.4) is 0 Å². The van der Waals surface area contributed by atoms with Crippen molar-refractivity contribution in [3.05, 3.63) is 100 Å². The van der Waals surface area contributed by atoms with Crippen molar-refractivity contribution in [2.75, 3.05) is 13.3 Å². The molecule has 5 rings (SSSR count). The highest BCUT2D eigenvalue weighted by Crippen LogP contribution is 2.42. The highest BCUT2D eigenvalue weighted by Gasteiger charge is 2.33. The molecule has 156 valence electrons. The molecule has 0 fully saturated rings. The molecule has 0 aliphatic carbocycles. The Morgan fingerprint density at radius 2 is 1.65 bits per heavy atom. The predicted molar refractivity (Wildman–Crippen MR) is 112 cm³/mol. The Kier molecular flexibility index (Phi) is 5.00. The van der Waals surface area contributed by atoms with Crippen LogP contribution in [0.1, 0.15) is 27.0 Å². The number of allylic oxidation sites excluding steroid dienone is 1. The third-order valence-electron chi connectivity index (χ3n) is 5.48. The fraction of sp³-hybridized carbons (Fsp3) is 0.160. The Bertz CT molecular complexity index is 1170. The fourth-order valence-electron chi connectivity index (χ4n) is 3.80. The lowest BCUT2D eigenvalue weighted by atomic mass is 10.0. The maximum absolute atomic E-state index is 13.2. The molecule has 0 spiro atoms. The van der Waals surface area contributed by atoms with Gasteiger partial charge in [-0.25, -0.2) is 8.78 Å². The van der Waals surface area contributed by atoms with Crippen LogP contribution in [0.5, 0.6) is 11.5 Å². The zero-order valence-electron chi connectivity index (χ0n) is 16.6. The van der Waals surface area contributed by atoms with Crippen LogP contribution in [0.15, 0.2) is 66.4 Å². The number of carbonyl (C=O) groups is 1. The lowest BCUT2D eigenvalue weighted by Crippen LogP contribution is -2.33. The minimum absolute atomic E-state index is 0.203. The first kappa shape index (κ1) is 19.5. The van der Waals surface area contributed by atoms with E-state index in [9.17, 15) is 13.6 Å². The van der Waals surface area contributed by atoms with Gasteiger partial charge in [0, 0.05) is 13.1 Å². The number of rotatable bonds is 4. The standard InChI is InChI=1S/C25H19F2NO3/c26-18-5-1-16(2-6-18)11-12-28-14-21-22(30-15-28)10-9-20-24(29)23(31-25(20)21)13-17-3-7-19(27)8-4-17/h1-10,13H,11-12,14-15H2/b23-13-. The number of hydrogen-bond donors (Lipinski definition) is 0. The summed E-state index contributed by atoms with van der Waals surface area (Å²) < 4.78 is 38.1. The summed E-state index contributed by atoms with van der Waals surface area (Å²) in [6.07, 6.45) is 2.37. The molecule has 6 heteroatoms. The molecule has 2 aliphatic heterocycles. The number of Topliss-reactive ketones (excluding diaryl/α,β-unsaturated/α-hetero) is 1. The number of fused-ring (bicyclic) bond motifs is 3. The second-order valence-electron chi connectivity index (χ2n) is 7.61. The molecular formula is C25H19F2NO3. The smallest absolute Gasteiger partial charge is 0.231 e. The Morgan fingerprint density at radius 1 is 0.935 bits per heavy atom. The molecule has 0 unspecified atom stereocenters. The van der Waals surface area contributed by atoms with Crippen LogP contribution < -0.4 is 9.47 Å². The molecule has 0 radical (unpaired) electrons. The van der Waals surface area contributed by atoms with Crippen molar-refractivity contribution in [1.29, 1.82) is 0 Å². The van der Waals surface area contributed by atoms with Crippen LogP contribution in [-0.2, 0) is 13.0 Å². The minimum Gasteiger partial charge on any atom is -0.478 e. The summed E-state index contributed by atoms with van der Waals surface area (Å²) in [5.74, 6) is 0.635. The first-order chi connectivity index (χ1) is 15.1. The summed E-state index contributed by atoms with van der Waals surface area (Å²) in [5.41, 5.74) is 3.06. The van der Waals surface area contributed by atoms with Gasteiger partial charge in [-0.05, 0) is 60.0 Å². The molecule has 4 nitrogen and oxygen atoms in total. The molecule has 0 atom stereocenters. The van der Waals surface area contributed by atoms with Crippen molar-refractivity contribution in [1.82, 2.24) is 4.90 Å². The quantitative estimate of drug-likeness (QED) is 0.560. The molecule has 0 N–H and O–H groups in total. The normalized spacial score (nSPS) is 16.6. The maximum Gasteiger partial charge on any atom is 0.231 e. The van der Waals surface area contributed by atoms with Crippen molar-refractivity contribution in [2.45, 2.75) is 13.0 Å². The summed E-state index contributed by atoms with van der Waals surface area (Å²) in [6.45, 7) is 1.73. The van der Waals surface area contributed by atoms with Gasteiger partial charge in [-0.3, -0.25) is 9.69 Å². The average Bonchev–Trinajstić information content (AvgIpc) is 3.10. The maximum atomic E-state index is 13.2. The predicted octanol–water partition coefficient (Wildman–Crippen LogP) is 4.98. The van der Waals surface area contributed by atoms with Gasteiger partial charge in [0.25, 0.3) is 0 Å². The Morgan fingerprint density at radius 3 is 2.39 bits per heavy atom. The van der Waals surface area contributed by atoms with Crippen molar-refractivity contribution in [3.63, 3.8) is 0 Å². The van der Waals surface area contributed by atoms with Gasteiger partial charge in [0.1, 0.15) is 29.9 Å². The van der Waals surface area contributed by atoms with Gasteiger partial charge in [0.2, 0.25) is 5.78 Å². The van der Waals surface area contributed by atoms with Crippen LogP contribution >= 0.6 is 0 Å².